The number of hydrogen-bond donors (Lipinski definition) is 1. The van der Waals surface area contributed by atoms with Gasteiger partial charge in [-0.1, -0.05) is 0 Å². The van der Waals surface area contributed by atoms with Gasteiger partial charge in [0.25, 0.3) is 0 Å². The van der Waals surface area contributed by atoms with Gasteiger partial charge in [0.05, 0.1) is 24.2 Å². The van der Waals surface area contributed by atoms with Gasteiger partial charge in [-0.2, -0.15) is 5.10 Å². The molecule has 1 N–H and O–H groups in total. The van der Waals surface area contributed by atoms with Gasteiger partial charge in [-0.3, -0.25) is 10.00 Å². The number of nitrogens with zero attached hydrogens (tertiary/aromatic N) is 5. The molecule has 0 spiro atoms. The molecule has 0 aliphatic heterocycles. The molecular formula is C18H20N6O2. The lowest BCUT2D eigenvalue weighted by Crippen LogP contribution is -2.38. The Bertz CT molecular complexity index is 883. The maximum atomic E-state index is 12.8. The van der Waals surface area contributed by atoms with E-state index in [1.165, 1.54) is 0 Å². The smallest absolute Gasteiger partial charge is 0.323 e. The number of hydrogen-bond acceptors (Lipinski definition) is 5. The first-order chi connectivity index (χ1) is 12.6. The number of aromatic nitrogens is 4. The molecule has 3 aromatic heterocycles. The van der Waals surface area contributed by atoms with Crippen LogP contribution >= 0.6 is 0 Å². The van der Waals surface area contributed by atoms with E-state index < -0.39 is 0 Å². The van der Waals surface area contributed by atoms with Crippen molar-refractivity contribution in [2.24, 2.45) is 7.05 Å². The third-order valence-electron chi connectivity index (χ3n) is 4.45. The lowest BCUT2D eigenvalue weighted by Gasteiger charge is -2.27. The molecule has 134 valence electrons. The summed E-state index contributed by atoms with van der Waals surface area (Å²) in [6.07, 6.45) is 7.22. The van der Waals surface area contributed by atoms with Crippen molar-refractivity contribution in [3.63, 3.8) is 0 Å². The van der Waals surface area contributed by atoms with E-state index >= 15 is 0 Å². The SMILES string of the molecule is CC(c1ccco1)N(C(=O)Nc1ccc(-c2cnn(C)c2)nn1)C1CC1. The number of aryl methyl sites for hydroxylation is 1. The van der Waals surface area contributed by atoms with Crippen LogP contribution in [0.4, 0.5) is 10.6 Å². The Balaban J connectivity index is 1.47. The Hall–Kier alpha value is -3.16. The second kappa shape index (κ2) is 6.62. The first kappa shape index (κ1) is 16.3. The van der Waals surface area contributed by atoms with Crippen LogP contribution in [0.3, 0.4) is 0 Å². The van der Waals surface area contributed by atoms with Gasteiger partial charge in [-0.15, -0.1) is 10.2 Å². The second-order valence-corrected chi connectivity index (χ2v) is 6.47. The van der Waals surface area contributed by atoms with Gasteiger partial charge in [0.1, 0.15) is 5.76 Å². The Morgan fingerprint density at radius 2 is 2.19 bits per heavy atom. The first-order valence-corrected chi connectivity index (χ1v) is 8.57. The number of furan rings is 1. The number of carbonyl (C=O) groups is 1. The van der Waals surface area contributed by atoms with Crippen LogP contribution in [0, 0.1) is 0 Å². The molecule has 0 saturated heterocycles. The molecule has 0 radical (unpaired) electrons. The second-order valence-electron chi connectivity index (χ2n) is 6.47. The molecule has 2 amide bonds. The molecule has 8 heteroatoms. The minimum Gasteiger partial charge on any atom is -0.467 e. The van der Waals surface area contributed by atoms with Crippen LogP contribution < -0.4 is 5.32 Å². The highest BCUT2D eigenvalue weighted by Crippen LogP contribution is 2.35. The summed E-state index contributed by atoms with van der Waals surface area (Å²) < 4.78 is 7.17. The molecule has 1 unspecified atom stereocenters. The van der Waals surface area contributed by atoms with E-state index in [1.807, 2.05) is 43.3 Å². The number of amides is 2. The summed E-state index contributed by atoms with van der Waals surface area (Å²) >= 11 is 0. The Kier molecular flexibility index (Phi) is 4.16. The topological polar surface area (TPSA) is 89.1 Å². The number of nitrogens with one attached hydrogen (secondary N) is 1. The number of carbonyl (C=O) groups excluding carboxylic acids is 1. The summed E-state index contributed by atoms with van der Waals surface area (Å²) in [7, 11) is 1.85. The summed E-state index contributed by atoms with van der Waals surface area (Å²) in [6, 6.07) is 7.18. The van der Waals surface area contributed by atoms with Crippen molar-refractivity contribution in [2.75, 3.05) is 5.32 Å². The maximum absolute atomic E-state index is 12.8. The van der Waals surface area contributed by atoms with Gasteiger partial charge in [0.2, 0.25) is 0 Å². The summed E-state index contributed by atoms with van der Waals surface area (Å²) in [4.78, 5) is 14.6. The molecule has 1 aliphatic rings. The average Bonchev–Trinajstić information content (AvgIpc) is 3.12. The fraction of sp³-hybridized carbons (Fsp3) is 0.333. The van der Waals surface area contributed by atoms with Crippen LogP contribution in [0.15, 0.2) is 47.3 Å². The highest BCUT2D eigenvalue weighted by atomic mass is 16.3. The van der Waals surface area contributed by atoms with Crippen molar-refractivity contribution < 1.29 is 9.21 Å². The standard InChI is InChI=1S/C18H20N6O2/c1-12(16-4-3-9-26-16)24(14-5-6-14)18(25)20-17-8-7-15(21-22-17)13-10-19-23(2)11-13/h3-4,7-12,14H,5-6H2,1-2H3,(H,20,22,25). The Morgan fingerprint density at radius 1 is 1.35 bits per heavy atom. The molecular weight excluding hydrogens is 332 g/mol. The predicted octanol–water partition coefficient (Wildman–Crippen LogP) is 3.23. The van der Waals surface area contributed by atoms with Gasteiger partial charge in [-0.05, 0) is 44.0 Å². The number of rotatable bonds is 5. The Labute approximate surface area is 150 Å². The van der Waals surface area contributed by atoms with E-state index in [0.717, 1.165) is 24.2 Å². The zero-order chi connectivity index (χ0) is 18.1. The molecule has 1 aliphatic carbocycles. The van der Waals surface area contributed by atoms with Gasteiger partial charge < -0.3 is 9.32 Å². The Morgan fingerprint density at radius 3 is 2.77 bits per heavy atom. The van der Waals surface area contributed by atoms with E-state index in [4.69, 9.17) is 4.42 Å². The van der Waals surface area contributed by atoms with Crippen LogP contribution in [-0.4, -0.2) is 37.0 Å². The molecule has 1 fully saturated rings. The predicted molar refractivity (Wildman–Crippen MR) is 95.2 cm³/mol. The monoisotopic (exact) mass is 352 g/mol. The summed E-state index contributed by atoms with van der Waals surface area (Å²) in [5.41, 5.74) is 1.59. The van der Waals surface area contributed by atoms with Crippen molar-refractivity contribution in [1.29, 1.82) is 0 Å². The molecule has 1 atom stereocenters. The molecule has 4 rings (SSSR count). The van der Waals surface area contributed by atoms with Gasteiger partial charge >= 0.3 is 6.03 Å². The first-order valence-electron chi connectivity index (χ1n) is 8.57. The lowest BCUT2D eigenvalue weighted by atomic mass is 10.2. The highest BCUT2D eigenvalue weighted by Gasteiger charge is 2.37. The van der Waals surface area contributed by atoms with E-state index in [2.05, 4.69) is 20.6 Å². The van der Waals surface area contributed by atoms with Crippen molar-refractivity contribution >= 4 is 11.8 Å². The van der Waals surface area contributed by atoms with Crippen molar-refractivity contribution in [1.82, 2.24) is 24.9 Å². The van der Waals surface area contributed by atoms with Gasteiger partial charge in [0.15, 0.2) is 5.82 Å². The summed E-state index contributed by atoms with van der Waals surface area (Å²) in [6.45, 7) is 1.97. The normalized spacial score (nSPS) is 14.8. The zero-order valence-electron chi connectivity index (χ0n) is 14.7. The van der Waals surface area contributed by atoms with Crippen molar-refractivity contribution in [3.05, 3.63) is 48.7 Å². The van der Waals surface area contributed by atoms with Gasteiger partial charge in [-0.25, -0.2) is 4.79 Å². The highest BCUT2D eigenvalue weighted by molar-refractivity contribution is 5.89. The van der Waals surface area contributed by atoms with Crippen molar-refractivity contribution in [3.8, 4) is 11.3 Å². The summed E-state index contributed by atoms with van der Waals surface area (Å²) in [5.74, 6) is 1.19. The molecule has 0 bridgehead atoms. The zero-order valence-corrected chi connectivity index (χ0v) is 14.7. The summed E-state index contributed by atoms with van der Waals surface area (Å²) in [5, 5.41) is 15.3. The average molecular weight is 352 g/mol. The fourth-order valence-corrected chi connectivity index (χ4v) is 2.96. The van der Waals surface area contributed by atoms with Crippen LogP contribution in [-0.2, 0) is 7.05 Å². The van der Waals surface area contributed by atoms with E-state index in [-0.39, 0.29) is 18.1 Å². The van der Waals surface area contributed by atoms with E-state index in [1.54, 1.807) is 23.2 Å². The van der Waals surface area contributed by atoms with Gasteiger partial charge in [0, 0.05) is 24.8 Å². The lowest BCUT2D eigenvalue weighted by molar-refractivity contribution is 0.179. The third-order valence-corrected chi connectivity index (χ3v) is 4.45. The minimum absolute atomic E-state index is 0.139. The maximum Gasteiger partial charge on any atom is 0.323 e. The molecule has 8 nitrogen and oxygen atoms in total. The molecule has 1 saturated carbocycles. The number of anilines is 1. The molecule has 3 aromatic rings. The van der Waals surface area contributed by atoms with Crippen LogP contribution in [0.1, 0.15) is 31.6 Å². The van der Waals surface area contributed by atoms with Crippen LogP contribution in [0.2, 0.25) is 0 Å². The fourth-order valence-electron chi connectivity index (χ4n) is 2.96. The van der Waals surface area contributed by atoms with Crippen LogP contribution in [0.5, 0.6) is 0 Å². The molecule has 0 aromatic carbocycles. The third kappa shape index (κ3) is 3.30. The van der Waals surface area contributed by atoms with E-state index in [9.17, 15) is 4.79 Å². The van der Waals surface area contributed by atoms with Crippen molar-refractivity contribution in [2.45, 2.75) is 31.8 Å². The molecule has 26 heavy (non-hydrogen) atoms. The number of urea groups is 1. The van der Waals surface area contributed by atoms with Crippen LogP contribution in [0.25, 0.3) is 11.3 Å². The quantitative estimate of drug-likeness (QED) is 0.761. The molecule has 3 heterocycles. The van der Waals surface area contributed by atoms with E-state index in [0.29, 0.717) is 11.5 Å². The largest absolute Gasteiger partial charge is 0.467 e. The minimum atomic E-state index is -0.195.